The van der Waals surface area contributed by atoms with E-state index < -0.39 is 0 Å². The van der Waals surface area contributed by atoms with Crippen molar-refractivity contribution in [3.8, 4) is 0 Å². The molecule has 1 saturated carbocycles. The van der Waals surface area contributed by atoms with Gasteiger partial charge >= 0.3 is 0 Å². The van der Waals surface area contributed by atoms with E-state index in [0.717, 1.165) is 0 Å². The van der Waals surface area contributed by atoms with Gasteiger partial charge < -0.3 is 11.1 Å². The molecule has 0 aromatic carbocycles. The molecule has 3 nitrogen and oxygen atoms in total. The van der Waals surface area contributed by atoms with Crippen LogP contribution < -0.4 is 11.1 Å². The molecule has 16 heavy (non-hydrogen) atoms. The van der Waals surface area contributed by atoms with Crippen molar-refractivity contribution in [3.05, 3.63) is 0 Å². The SMILES string of the molecule is CC(C)C(N)CC(=O)N[C@H](C)C1CCCC1. The lowest BCUT2D eigenvalue weighted by atomic mass is 9.98. The maximum absolute atomic E-state index is 11.7. The first-order chi connectivity index (χ1) is 7.50. The van der Waals surface area contributed by atoms with Crippen molar-refractivity contribution < 1.29 is 4.79 Å². The Morgan fingerprint density at radius 2 is 1.88 bits per heavy atom. The Labute approximate surface area is 99.2 Å². The molecule has 0 saturated heterocycles. The highest BCUT2D eigenvalue weighted by molar-refractivity contribution is 5.76. The van der Waals surface area contributed by atoms with Crippen molar-refractivity contribution in [2.24, 2.45) is 17.6 Å². The zero-order valence-electron chi connectivity index (χ0n) is 10.8. The lowest BCUT2D eigenvalue weighted by Gasteiger charge is -2.22. The van der Waals surface area contributed by atoms with Gasteiger partial charge in [0.05, 0.1) is 0 Å². The zero-order chi connectivity index (χ0) is 12.1. The van der Waals surface area contributed by atoms with Gasteiger partial charge in [-0.15, -0.1) is 0 Å². The van der Waals surface area contributed by atoms with E-state index in [0.29, 0.717) is 24.3 Å². The fourth-order valence-corrected chi connectivity index (χ4v) is 2.34. The molecule has 0 aromatic rings. The van der Waals surface area contributed by atoms with Gasteiger partial charge in [0.25, 0.3) is 0 Å². The first-order valence-electron chi connectivity index (χ1n) is 6.55. The molecule has 1 aliphatic carbocycles. The Hall–Kier alpha value is -0.570. The summed E-state index contributed by atoms with van der Waals surface area (Å²) in [6.45, 7) is 6.23. The van der Waals surface area contributed by atoms with E-state index >= 15 is 0 Å². The van der Waals surface area contributed by atoms with Crippen molar-refractivity contribution in [1.29, 1.82) is 0 Å². The van der Waals surface area contributed by atoms with Gasteiger partial charge in [-0.3, -0.25) is 4.79 Å². The molecule has 1 fully saturated rings. The highest BCUT2D eigenvalue weighted by Gasteiger charge is 2.23. The van der Waals surface area contributed by atoms with E-state index in [-0.39, 0.29) is 11.9 Å². The average Bonchev–Trinajstić information content (AvgIpc) is 2.69. The molecule has 1 aliphatic rings. The first kappa shape index (κ1) is 13.5. The van der Waals surface area contributed by atoms with Crippen molar-refractivity contribution in [3.63, 3.8) is 0 Å². The van der Waals surface area contributed by atoms with Gasteiger partial charge in [0.1, 0.15) is 0 Å². The minimum atomic E-state index is -0.0178. The van der Waals surface area contributed by atoms with Crippen LogP contribution in [-0.2, 0) is 4.79 Å². The number of hydrogen-bond acceptors (Lipinski definition) is 2. The van der Waals surface area contributed by atoms with Crippen molar-refractivity contribution in [2.45, 2.75) is 65.0 Å². The van der Waals surface area contributed by atoms with E-state index in [4.69, 9.17) is 5.73 Å². The number of hydrogen-bond donors (Lipinski definition) is 2. The number of nitrogens with one attached hydrogen (secondary N) is 1. The molecule has 0 aliphatic heterocycles. The van der Waals surface area contributed by atoms with Crippen LogP contribution >= 0.6 is 0 Å². The maximum Gasteiger partial charge on any atom is 0.221 e. The third kappa shape index (κ3) is 4.12. The summed E-state index contributed by atoms with van der Waals surface area (Å²) in [6, 6.07) is 0.296. The smallest absolute Gasteiger partial charge is 0.221 e. The second kappa shape index (κ2) is 6.24. The van der Waals surface area contributed by atoms with E-state index in [1.54, 1.807) is 0 Å². The summed E-state index contributed by atoms with van der Waals surface area (Å²) in [5.74, 6) is 1.16. The van der Waals surface area contributed by atoms with Crippen LogP contribution in [0.2, 0.25) is 0 Å². The summed E-state index contributed by atoms with van der Waals surface area (Å²) < 4.78 is 0. The van der Waals surface area contributed by atoms with Gasteiger partial charge in [-0.05, 0) is 31.6 Å². The normalized spacial score (nSPS) is 21.1. The van der Waals surface area contributed by atoms with Crippen molar-refractivity contribution in [2.75, 3.05) is 0 Å². The molecule has 3 N–H and O–H groups in total. The highest BCUT2D eigenvalue weighted by Crippen LogP contribution is 2.27. The number of amides is 1. The lowest BCUT2D eigenvalue weighted by molar-refractivity contribution is -0.122. The number of rotatable bonds is 5. The summed E-state index contributed by atoms with van der Waals surface area (Å²) in [7, 11) is 0. The molecule has 1 unspecified atom stereocenters. The Kier molecular flexibility index (Phi) is 5.26. The molecular weight excluding hydrogens is 200 g/mol. The van der Waals surface area contributed by atoms with Gasteiger partial charge in [0.15, 0.2) is 0 Å². The van der Waals surface area contributed by atoms with E-state index in [1.165, 1.54) is 25.7 Å². The number of carbonyl (C=O) groups is 1. The highest BCUT2D eigenvalue weighted by atomic mass is 16.1. The van der Waals surface area contributed by atoms with Crippen LogP contribution in [0.1, 0.15) is 52.9 Å². The third-order valence-corrected chi connectivity index (χ3v) is 3.77. The molecule has 0 radical (unpaired) electrons. The molecule has 1 amide bonds. The minimum absolute atomic E-state index is 0.0178. The predicted molar refractivity (Wildman–Crippen MR) is 67.0 cm³/mol. The summed E-state index contributed by atoms with van der Waals surface area (Å²) in [6.07, 6.45) is 5.61. The Balaban J connectivity index is 2.27. The molecule has 0 heterocycles. The topological polar surface area (TPSA) is 55.1 Å². The maximum atomic E-state index is 11.7. The summed E-state index contributed by atoms with van der Waals surface area (Å²) >= 11 is 0. The quantitative estimate of drug-likeness (QED) is 0.754. The summed E-state index contributed by atoms with van der Waals surface area (Å²) in [5.41, 5.74) is 5.89. The van der Waals surface area contributed by atoms with Gasteiger partial charge in [0.2, 0.25) is 5.91 Å². The molecule has 0 aromatic heterocycles. The van der Waals surface area contributed by atoms with Crippen LogP contribution in [-0.4, -0.2) is 18.0 Å². The standard InChI is InChI=1S/C13H26N2O/c1-9(2)12(14)8-13(16)15-10(3)11-6-4-5-7-11/h9-12H,4-8,14H2,1-3H3,(H,15,16)/t10-,12?/m1/s1. The third-order valence-electron chi connectivity index (χ3n) is 3.77. The minimum Gasteiger partial charge on any atom is -0.353 e. The Bertz CT molecular complexity index is 222. The van der Waals surface area contributed by atoms with Crippen LogP contribution in [0, 0.1) is 11.8 Å². The van der Waals surface area contributed by atoms with Gasteiger partial charge in [0, 0.05) is 18.5 Å². The molecule has 0 spiro atoms. The van der Waals surface area contributed by atoms with Crippen LogP contribution in [0.4, 0.5) is 0 Å². The fraction of sp³-hybridized carbons (Fsp3) is 0.923. The second-order valence-electron chi connectivity index (χ2n) is 5.51. The van der Waals surface area contributed by atoms with E-state index in [2.05, 4.69) is 26.1 Å². The second-order valence-corrected chi connectivity index (χ2v) is 5.51. The van der Waals surface area contributed by atoms with Gasteiger partial charge in [-0.1, -0.05) is 26.7 Å². The first-order valence-corrected chi connectivity index (χ1v) is 6.55. The molecule has 0 bridgehead atoms. The number of carbonyl (C=O) groups excluding carboxylic acids is 1. The molecular formula is C13H26N2O. The largest absolute Gasteiger partial charge is 0.353 e. The van der Waals surface area contributed by atoms with Crippen LogP contribution in [0.5, 0.6) is 0 Å². The molecule has 3 heteroatoms. The Morgan fingerprint density at radius 1 is 1.31 bits per heavy atom. The molecule has 2 atom stereocenters. The van der Waals surface area contributed by atoms with Crippen LogP contribution in [0.25, 0.3) is 0 Å². The van der Waals surface area contributed by atoms with E-state index in [9.17, 15) is 4.79 Å². The molecule has 94 valence electrons. The van der Waals surface area contributed by atoms with Crippen LogP contribution in [0.3, 0.4) is 0 Å². The Morgan fingerprint density at radius 3 is 2.38 bits per heavy atom. The molecule has 1 rings (SSSR count). The van der Waals surface area contributed by atoms with Crippen LogP contribution in [0.15, 0.2) is 0 Å². The van der Waals surface area contributed by atoms with Crippen molar-refractivity contribution >= 4 is 5.91 Å². The summed E-state index contributed by atoms with van der Waals surface area (Å²) in [4.78, 5) is 11.7. The van der Waals surface area contributed by atoms with Crippen molar-refractivity contribution in [1.82, 2.24) is 5.32 Å². The summed E-state index contributed by atoms with van der Waals surface area (Å²) in [5, 5.41) is 3.09. The zero-order valence-corrected chi connectivity index (χ0v) is 10.8. The lowest BCUT2D eigenvalue weighted by Crippen LogP contribution is -2.41. The van der Waals surface area contributed by atoms with Gasteiger partial charge in [-0.25, -0.2) is 0 Å². The van der Waals surface area contributed by atoms with Gasteiger partial charge in [-0.2, -0.15) is 0 Å². The van der Waals surface area contributed by atoms with E-state index in [1.807, 2.05) is 0 Å². The average molecular weight is 226 g/mol. The fourth-order valence-electron chi connectivity index (χ4n) is 2.34. The monoisotopic (exact) mass is 226 g/mol. The predicted octanol–water partition coefficient (Wildman–Crippen LogP) is 2.05. The number of nitrogens with two attached hydrogens (primary N) is 1.